The van der Waals surface area contributed by atoms with Crippen molar-refractivity contribution >= 4 is 16.4 Å². The highest BCUT2D eigenvalue weighted by molar-refractivity contribution is 7.89. The lowest BCUT2D eigenvalue weighted by molar-refractivity contribution is -0.322. The average Bonchev–Trinajstić information content (AvgIpc) is 2.46. The van der Waals surface area contributed by atoms with Crippen LogP contribution in [-0.2, 0) is 14.8 Å². The Hall–Kier alpha value is -1.93. The molecule has 0 radical (unpaired) electrons. The third kappa shape index (κ3) is 4.58. The number of benzene rings is 1. The molecule has 0 fully saturated rings. The number of carbonyl (C=O) groups excluding carboxylic acids is 1. The first-order chi connectivity index (χ1) is 11.1. The van der Waals surface area contributed by atoms with Crippen LogP contribution in [-0.4, -0.2) is 37.1 Å². The predicted molar refractivity (Wildman–Crippen MR) is 70.4 cm³/mol. The number of carbonyl (C=O) groups is 1. The van der Waals surface area contributed by atoms with Crippen molar-refractivity contribution in [3.63, 3.8) is 0 Å². The molecule has 144 valence electrons. The number of sulfonamides is 1. The lowest BCUT2D eigenvalue weighted by atomic mass is 10.1. The summed E-state index contributed by atoms with van der Waals surface area (Å²) in [5, 5.41) is 0. The lowest BCUT2D eigenvalue weighted by Gasteiger charge is -2.36. The Labute approximate surface area is 137 Å². The number of nitrogens with two attached hydrogens (primary N) is 2. The number of primary amides is 1. The third-order valence-corrected chi connectivity index (χ3v) is 4.36. The maximum Gasteiger partial charge on any atom is 0.429 e. The monoisotopic (exact) mass is 399 g/mol. The van der Waals surface area contributed by atoms with Crippen molar-refractivity contribution < 1.29 is 43.9 Å². The summed E-state index contributed by atoms with van der Waals surface area (Å²) in [7, 11) is -5.40. The Morgan fingerprint density at radius 3 is 1.72 bits per heavy atom. The molecule has 1 amide bonds. The van der Waals surface area contributed by atoms with Gasteiger partial charge in [0.05, 0.1) is 4.90 Å². The van der Waals surface area contributed by atoms with Crippen LogP contribution in [0.25, 0.3) is 0 Å². The number of nitrogens with zero attached hydrogens (tertiary/aromatic N) is 1. The minimum Gasteiger partial charge on any atom is -0.372 e. The van der Waals surface area contributed by atoms with E-state index < -0.39 is 50.0 Å². The van der Waals surface area contributed by atoms with E-state index in [4.69, 9.17) is 4.79 Å². The van der Waals surface area contributed by atoms with Crippen LogP contribution in [0.15, 0.2) is 29.2 Å². The zero-order valence-corrected chi connectivity index (χ0v) is 13.1. The fourth-order valence-electron chi connectivity index (χ4n) is 1.25. The van der Waals surface area contributed by atoms with Gasteiger partial charge in [0.25, 0.3) is 15.7 Å². The molecule has 0 heterocycles. The summed E-state index contributed by atoms with van der Waals surface area (Å²) in [4.78, 5) is 7.55. The van der Waals surface area contributed by atoms with Crippen LogP contribution in [0, 0.1) is 5.82 Å². The van der Waals surface area contributed by atoms with E-state index in [1.54, 1.807) is 0 Å². The number of alkyl halides is 6. The van der Waals surface area contributed by atoms with Gasteiger partial charge in [-0.05, 0) is 31.2 Å². The van der Waals surface area contributed by atoms with Crippen LogP contribution in [0.2, 0.25) is 0 Å². The maximum absolute atomic E-state index is 13.6. The van der Waals surface area contributed by atoms with Crippen LogP contribution in [0.5, 0.6) is 0 Å². The molecular weight excluding hydrogens is 387 g/mol. The smallest absolute Gasteiger partial charge is 0.372 e. The first-order valence-electron chi connectivity index (χ1n) is 5.92. The molecule has 14 heteroatoms. The van der Waals surface area contributed by atoms with E-state index in [0.29, 0.717) is 24.3 Å². The van der Waals surface area contributed by atoms with Gasteiger partial charge in [0, 0.05) is 0 Å². The van der Waals surface area contributed by atoms with Gasteiger partial charge in [-0.1, -0.05) is 4.41 Å². The Morgan fingerprint density at radius 2 is 1.40 bits per heavy atom. The molecule has 1 aromatic carbocycles. The number of halogens is 7. The van der Waals surface area contributed by atoms with Crippen molar-refractivity contribution in [3.8, 4) is 0 Å². The Balaban J connectivity index is 0.00000178. The van der Waals surface area contributed by atoms with E-state index in [-0.39, 0.29) is 6.41 Å². The summed E-state index contributed by atoms with van der Waals surface area (Å²) in [6.07, 6.45) is -5.84. The third-order valence-electron chi connectivity index (χ3n) is 2.74. The Kier molecular flexibility index (Phi) is 6.95. The van der Waals surface area contributed by atoms with E-state index in [1.165, 1.54) is 0 Å². The SMILES string of the molecule is CC(F)(C(F)(F)F)C(F)(F)N(N)S(=O)(=O)c1ccc(F)cc1.NC=O. The largest absolute Gasteiger partial charge is 0.429 e. The van der Waals surface area contributed by atoms with Crippen LogP contribution in [0.3, 0.4) is 0 Å². The minimum absolute atomic E-state index is 0.250. The summed E-state index contributed by atoms with van der Waals surface area (Å²) < 4.78 is 112. The molecule has 0 saturated heterocycles. The van der Waals surface area contributed by atoms with Gasteiger partial charge in [0.15, 0.2) is 0 Å². The normalized spacial score (nSPS) is 15.1. The second-order valence-corrected chi connectivity index (χ2v) is 6.25. The van der Waals surface area contributed by atoms with Gasteiger partial charge in [-0.25, -0.2) is 23.0 Å². The van der Waals surface area contributed by atoms with E-state index in [1.807, 2.05) is 0 Å². The van der Waals surface area contributed by atoms with Gasteiger partial charge in [-0.2, -0.15) is 22.0 Å². The van der Waals surface area contributed by atoms with Crippen molar-refractivity contribution in [1.82, 2.24) is 4.41 Å². The molecular formula is C11H12F7N3O3S. The molecule has 6 nitrogen and oxygen atoms in total. The summed E-state index contributed by atoms with van der Waals surface area (Å²) in [5.41, 5.74) is -1.08. The van der Waals surface area contributed by atoms with Crippen LogP contribution in [0.1, 0.15) is 6.92 Å². The highest BCUT2D eigenvalue weighted by Crippen LogP contribution is 2.46. The van der Waals surface area contributed by atoms with Crippen LogP contribution < -0.4 is 11.6 Å². The quantitative estimate of drug-likeness (QED) is 0.264. The molecule has 4 N–H and O–H groups in total. The van der Waals surface area contributed by atoms with E-state index in [0.717, 1.165) is 0 Å². The number of hydrogen-bond donors (Lipinski definition) is 2. The molecule has 0 aliphatic rings. The molecule has 0 saturated carbocycles. The van der Waals surface area contributed by atoms with Crippen molar-refractivity contribution in [2.75, 3.05) is 0 Å². The maximum atomic E-state index is 13.6. The zero-order chi connectivity index (χ0) is 20.3. The zero-order valence-electron chi connectivity index (χ0n) is 12.3. The standard InChI is InChI=1S/C10H9F7N2O2S.CH3NO/c1-8(12,9(13,14)15)10(16,17)19(18)22(20,21)7-4-2-6(11)3-5-7;2-1-3/h2-5H,18H2,1H3;1H,(H2,2,3). The number of rotatable bonds is 4. The fourth-order valence-corrected chi connectivity index (χ4v) is 2.43. The van der Waals surface area contributed by atoms with E-state index in [9.17, 15) is 39.2 Å². The van der Waals surface area contributed by atoms with Gasteiger partial charge in [-0.3, -0.25) is 4.79 Å². The first-order valence-corrected chi connectivity index (χ1v) is 7.36. The molecule has 0 aliphatic heterocycles. The van der Waals surface area contributed by atoms with Crippen molar-refractivity contribution in [3.05, 3.63) is 30.1 Å². The second kappa shape index (κ2) is 7.53. The van der Waals surface area contributed by atoms with E-state index >= 15 is 0 Å². The predicted octanol–water partition coefficient (Wildman–Crippen LogP) is 1.67. The number of hydrogen-bond acceptors (Lipinski definition) is 4. The lowest BCUT2D eigenvalue weighted by Crippen LogP contribution is -2.65. The molecule has 1 aromatic rings. The summed E-state index contributed by atoms with van der Waals surface area (Å²) in [6.45, 7) is -0.549. The molecule has 1 atom stereocenters. The number of hydrazine groups is 1. The van der Waals surface area contributed by atoms with Crippen molar-refractivity contribution in [2.45, 2.75) is 29.7 Å². The van der Waals surface area contributed by atoms with Gasteiger partial charge < -0.3 is 5.73 Å². The molecule has 1 rings (SSSR count). The molecule has 0 aliphatic carbocycles. The van der Waals surface area contributed by atoms with Gasteiger partial charge in [-0.15, -0.1) is 0 Å². The number of amides is 1. The molecule has 0 aromatic heterocycles. The Morgan fingerprint density at radius 1 is 1.04 bits per heavy atom. The van der Waals surface area contributed by atoms with Gasteiger partial charge in [0.1, 0.15) is 5.82 Å². The second-order valence-electron chi connectivity index (χ2n) is 4.43. The fraction of sp³-hybridized carbons (Fsp3) is 0.364. The topological polar surface area (TPSA) is 106 Å². The van der Waals surface area contributed by atoms with Crippen LogP contribution in [0.4, 0.5) is 30.7 Å². The highest BCUT2D eigenvalue weighted by Gasteiger charge is 2.72. The van der Waals surface area contributed by atoms with Crippen molar-refractivity contribution in [1.29, 1.82) is 0 Å². The molecule has 25 heavy (non-hydrogen) atoms. The minimum atomic E-state index is -6.09. The van der Waals surface area contributed by atoms with Crippen molar-refractivity contribution in [2.24, 2.45) is 11.6 Å². The molecule has 0 bridgehead atoms. The summed E-state index contributed by atoms with van der Waals surface area (Å²) in [5.74, 6) is 3.61. The van der Waals surface area contributed by atoms with Gasteiger partial charge >= 0.3 is 12.2 Å². The van der Waals surface area contributed by atoms with Gasteiger partial charge in [0.2, 0.25) is 6.41 Å². The molecule has 0 spiro atoms. The first kappa shape index (κ1) is 23.1. The summed E-state index contributed by atoms with van der Waals surface area (Å²) >= 11 is 0. The Bertz CT molecular complexity index is 690. The van der Waals surface area contributed by atoms with Crippen LogP contribution >= 0.6 is 0 Å². The average molecular weight is 399 g/mol. The van der Waals surface area contributed by atoms with E-state index in [2.05, 4.69) is 11.6 Å². The highest BCUT2D eigenvalue weighted by atomic mass is 32.2. The summed E-state index contributed by atoms with van der Waals surface area (Å²) in [6, 6.07) is -3.56. The molecule has 1 unspecified atom stereocenters.